The van der Waals surface area contributed by atoms with Gasteiger partial charge in [-0.15, -0.1) is 11.8 Å². The molecule has 0 aliphatic heterocycles. The van der Waals surface area contributed by atoms with E-state index < -0.39 is 12.1 Å². The number of ether oxygens (including phenoxy) is 1. The number of carbonyl (C=O) groups is 2. The summed E-state index contributed by atoms with van der Waals surface area (Å²) < 4.78 is 17.9. The Balaban J connectivity index is 1.71. The Labute approximate surface area is 144 Å². The van der Waals surface area contributed by atoms with Gasteiger partial charge in [-0.2, -0.15) is 0 Å². The first-order valence-electron chi connectivity index (χ1n) is 7.48. The number of benzene rings is 2. The van der Waals surface area contributed by atoms with Crippen LogP contribution in [0.3, 0.4) is 0 Å². The number of esters is 1. The number of anilines is 1. The van der Waals surface area contributed by atoms with Gasteiger partial charge in [-0.3, -0.25) is 9.59 Å². The first-order valence-corrected chi connectivity index (χ1v) is 8.47. The van der Waals surface area contributed by atoms with Crippen molar-refractivity contribution in [3.63, 3.8) is 0 Å². The van der Waals surface area contributed by atoms with Gasteiger partial charge in [0.15, 0.2) is 6.10 Å². The SMILES string of the molecule is CC(OC(=O)CCSc1ccc(F)cc1)C(=O)Nc1ccccc1. The van der Waals surface area contributed by atoms with E-state index >= 15 is 0 Å². The summed E-state index contributed by atoms with van der Waals surface area (Å²) in [6.07, 6.45) is -0.695. The van der Waals surface area contributed by atoms with Crippen LogP contribution >= 0.6 is 11.8 Å². The van der Waals surface area contributed by atoms with Gasteiger partial charge in [0, 0.05) is 16.3 Å². The fourth-order valence-corrected chi connectivity index (χ4v) is 2.69. The molecule has 1 N–H and O–H groups in total. The van der Waals surface area contributed by atoms with Crippen LogP contribution in [0.25, 0.3) is 0 Å². The first kappa shape index (κ1) is 18.0. The number of rotatable bonds is 7. The number of halogens is 1. The molecule has 0 bridgehead atoms. The van der Waals surface area contributed by atoms with E-state index in [0.29, 0.717) is 11.4 Å². The van der Waals surface area contributed by atoms with E-state index in [0.717, 1.165) is 4.90 Å². The average molecular weight is 347 g/mol. The quantitative estimate of drug-likeness (QED) is 0.610. The Morgan fingerprint density at radius 1 is 1.12 bits per heavy atom. The smallest absolute Gasteiger partial charge is 0.307 e. The maximum absolute atomic E-state index is 12.8. The van der Waals surface area contributed by atoms with Gasteiger partial charge in [-0.05, 0) is 43.3 Å². The molecular formula is C18H18FNO3S. The minimum absolute atomic E-state index is 0.172. The van der Waals surface area contributed by atoms with Crippen molar-refractivity contribution in [3.05, 3.63) is 60.4 Å². The van der Waals surface area contributed by atoms with Crippen LogP contribution in [0.2, 0.25) is 0 Å². The molecule has 0 aliphatic carbocycles. The number of hydrogen-bond acceptors (Lipinski definition) is 4. The molecule has 0 aromatic heterocycles. The highest BCUT2D eigenvalue weighted by atomic mass is 32.2. The standard InChI is InChI=1S/C18H18FNO3S/c1-13(18(22)20-15-5-3-2-4-6-15)23-17(21)11-12-24-16-9-7-14(19)8-10-16/h2-10,13H,11-12H2,1H3,(H,20,22). The lowest BCUT2D eigenvalue weighted by molar-refractivity contribution is -0.152. The number of amides is 1. The van der Waals surface area contributed by atoms with E-state index in [1.807, 2.05) is 6.07 Å². The van der Waals surface area contributed by atoms with E-state index in [9.17, 15) is 14.0 Å². The second kappa shape index (κ2) is 9.08. The van der Waals surface area contributed by atoms with E-state index in [1.165, 1.54) is 30.8 Å². The minimum Gasteiger partial charge on any atom is -0.453 e. The van der Waals surface area contributed by atoms with Gasteiger partial charge < -0.3 is 10.1 Å². The monoisotopic (exact) mass is 347 g/mol. The molecule has 0 saturated heterocycles. The Bertz CT molecular complexity index is 676. The summed E-state index contributed by atoms with van der Waals surface area (Å²) in [5.74, 6) is -0.615. The van der Waals surface area contributed by atoms with Crippen molar-refractivity contribution < 1.29 is 18.7 Å². The summed E-state index contributed by atoms with van der Waals surface area (Å²) in [4.78, 5) is 24.6. The Kier molecular flexibility index (Phi) is 6.81. The summed E-state index contributed by atoms with van der Waals surface area (Å²) in [5, 5.41) is 2.68. The fourth-order valence-electron chi connectivity index (χ4n) is 1.86. The molecule has 126 valence electrons. The van der Waals surface area contributed by atoms with Crippen LogP contribution in [-0.4, -0.2) is 23.7 Å². The number of nitrogens with one attached hydrogen (secondary N) is 1. The summed E-state index contributed by atoms with van der Waals surface area (Å²) in [6, 6.07) is 15.0. The third-order valence-corrected chi connectivity index (χ3v) is 4.12. The van der Waals surface area contributed by atoms with Crippen molar-refractivity contribution in [2.24, 2.45) is 0 Å². The number of para-hydroxylation sites is 1. The summed E-state index contributed by atoms with van der Waals surface area (Å²) in [7, 11) is 0. The van der Waals surface area contributed by atoms with Gasteiger partial charge in [0.25, 0.3) is 5.91 Å². The van der Waals surface area contributed by atoms with Crippen molar-refractivity contribution in [3.8, 4) is 0 Å². The topological polar surface area (TPSA) is 55.4 Å². The van der Waals surface area contributed by atoms with E-state index in [2.05, 4.69) is 5.32 Å². The molecule has 1 unspecified atom stereocenters. The molecule has 1 atom stereocenters. The molecule has 0 radical (unpaired) electrons. The highest BCUT2D eigenvalue weighted by Gasteiger charge is 2.17. The Hall–Kier alpha value is -2.34. The molecule has 0 fully saturated rings. The van der Waals surface area contributed by atoms with Crippen LogP contribution in [0.4, 0.5) is 10.1 Å². The van der Waals surface area contributed by atoms with Crippen LogP contribution in [0.1, 0.15) is 13.3 Å². The molecule has 2 aromatic carbocycles. The number of hydrogen-bond donors (Lipinski definition) is 1. The van der Waals surface area contributed by atoms with Crippen LogP contribution in [0, 0.1) is 5.82 Å². The van der Waals surface area contributed by atoms with Crippen LogP contribution < -0.4 is 5.32 Å². The molecular weight excluding hydrogens is 329 g/mol. The molecule has 2 rings (SSSR count). The van der Waals surface area contributed by atoms with Gasteiger partial charge in [0.2, 0.25) is 0 Å². The highest BCUT2D eigenvalue weighted by Crippen LogP contribution is 2.19. The average Bonchev–Trinajstić information content (AvgIpc) is 2.57. The number of thioether (sulfide) groups is 1. The highest BCUT2D eigenvalue weighted by molar-refractivity contribution is 7.99. The van der Waals surface area contributed by atoms with Crippen LogP contribution in [-0.2, 0) is 14.3 Å². The molecule has 1 amide bonds. The van der Waals surface area contributed by atoms with Crippen molar-refractivity contribution in [1.29, 1.82) is 0 Å². The number of carbonyl (C=O) groups excluding carboxylic acids is 2. The third-order valence-electron chi connectivity index (χ3n) is 3.11. The summed E-state index contributed by atoms with van der Waals surface area (Å²) in [6.45, 7) is 1.53. The zero-order valence-electron chi connectivity index (χ0n) is 13.2. The third kappa shape index (κ3) is 6.04. The van der Waals surface area contributed by atoms with Crippen LogP contribution in [0.5, 0.6) is 0 Å². The van der Waals surface area contributed by atoms with Gasteiger partial charge in [-0.1, -0.05) is 18.2 Å². The molecule has 0 heterocycles. The van der Waals surface area contributed by atoms with Gasteiger partial charge in [0.1, 0.15) is 5.82 Å². The second-order valence-corrected chi connectivity index (χ2v) is 6.21. The minimum atomic E-state index is -0.867. The molecule has 2 aromatic rings. The Morgan fingerprint density at radius 3 is 2.46 bits per heavy atom. The van der Waals surface area contributed by atoms with E-state index in [4.69, 9.17) is 4.74 Å². The van der Waals surface area contributed by atoms with Crippen molar-refractivity contribution >= 4 is 29.3 Å². The fraction of sp³-hybridized carbons (Fsp3) is 0.222. The summed E-state index contributed by atoms with van der Waals surface area (Å²) in [5.41, 5.74) is 0.650. The lowest BCUT2D eigenvalue weighted by Gasteiger charge is -2.13. The maximum atomic E-state index is 12.8. The molecule has 0 spiro atoms. The molecule has 4 nitrogen and oxygen atoms in total. The summed E-state index contributed by atoms with van der Waals surface area (Å²) >= 11 is 1.43. The second-order valence-electron chi connectivity index (χ2n) is 5.04. The van der Waals surface area contributed by atoms with Crippen LogP contribution in [0.15, 0.2) is 59.5 Å². The molecule has 24 heavy (non-hydrogen) atoms. The lowest BCUT2D eigenvalue weighted by atomic mass is 10.3. The van der Waals surface area contributed by atoms with Crippen molar-refractivity contribution in [2.75, 3.05) is 11.1 Å². The normalized spacial score (nSPS) is 11.6. The van der Waals surface area contributed by atoms with E-state index in [-0.39, 0.29) is 18.1 Å². The maximum Gasteiger partial charge on any atom is 0.307 e. The predicted molar refractivity (Wildman–Crippen MR) is 92.4 cm³/mol. The van der Waals surface area contributed by atoms with Gasteiger partial charge >= 0.3 is 5.97 Å². The van der Waals surface area contributed by atoms with Gasteiger partial charge in [0.05, 0.1) is 6.42 Å². The predicted octanol–water partition coefficient (Wildman–Crippen LogP) is 3.88. The van der Waals surface area contributed by atoms with Gasteiger partial charge in [-0.25, -0.2) is 4.39 Å². The van der Waals surface area contributed by atoms with Crippen molar-refractivity contribution in [2.45, 2.75) is 24.3 Å². The zero-order chi connectivity index (χ0) is 17.4. The first-order chi connectivity index (χ1) is 11.5. The lowest BCUT2D eigenvalue weighted by Crippen LogP contribution is -2.30. The molecule has 6 heteroatoms. The largest absolute Gasteiger partial charge is 0.453 e. The Morgan fingerprint density at radius 2 is 1.79 bits per heavy atom. The zero-order valence-corrected chi connectivity index (χ0v) is 14.0. The molecule has 0 saturated carbocycles. The molecule has 0 aliphatic rings. The van der Waals surface area contributed by atoms with E-state index in [1.54, 1.807) is 36.4 Å². The van der Waals surface area contributed by atoms with Crippen molar-refractivity contribution in [1.82, 2.24) is 0 Å².